The molecule has 1 aromatic rings. The minimum Gasteiger partial charge on any atom is -0.385 e. The maximum atomic E-state index is 13.7. The number of benzene rings is 1. The molecule has 0 aromatic heterocycles. The Balaban J connectivity index is 3.24. The first kappa shape index (κ1) is 12.1. The summed E-state index contributed by atoms with van der Waals surface area (Å²) in [6.45, 7) is 5.56. The second kappa shape index (κ2) is 4.29. The largest absolute Gasteiger partial charge is 0.385 e. The van der Waals surface area contributed by atoms with Gasteiger partial charge >= 0.3 is 0 Å². The van der Waals surface area contributed by atoms with E-state index in [1.54, 1.807) is 13.8 Å². The summed E-state index contributed by atoms with van der Waals surface area (Å²) in [5.74, 6) is -0.356. The molecule has 3 N–H and O–H groups in total. The van der Waals surface area contributed by atoms with Crippen molar-refractivity contribution in [1.82, 2.24) is 0 Å². The first-order valence-electron chi connectivity index (χ1n) is 5.08. The molecule has 0 amide bonds. The van der Waals surface area contributed by atoms with Crippen LogP contribution in [-0.2, 0) is 5.60 Å². The second-order valence-corrected chi connectivity index (χ2v) is 4.25. The van der Waals surface area contributed by atoms with Gasteiger partial charge in [0.05, 0.1) is 5.60 Å². The summed E-state index contributed by atoms with van der Waals surface area (Å²) in [7, 11) is 0. The first-order valence-corrected chi connectivity index (χ1v) is 5.08. The van der Waals surface area contributed by atoms with Gasteiger partial charge in [-0.25, -0.2) is 4.39 Å². The molecule has 2 nitrogen and oxygen atoms in total. The average Bonchev–Trinajstić information content (AvgIpc) is 1.99. The van der Waals surface area contributed by atoms with Crippen LogP contribution in [0.1, 0.15) is 30.0 Å². The summed E-state index contributed by atoms with van der Waals surface area (Å²) in [5, 5.41) is 10.1. The van der Waals surface area contributed by atoms with Crippen LogP contribution in [0.15, 0.2) is 12.1 Å². The average molecular weight is 211 g/mol. The van der Waals surface area contributed by atoms with Crippen LogP contribution < -0.4 is 5.73 Å². The van der Waals surface area contributed by atoms with Crippen LogP contribution in [0, 0.1) is 19.7 Å². The molecule has 1 rings (SSSR count). The number of hydrogen-bond acceptors (Lipinski definition) is 2. The Morgan fingerprint density at radius 2 is 2.00 bits per heavy atom. The van der Waals surface area contributed by atoms with Crippen LogP contribution in [0.3, 0.4) is 0 Å². The van der Waals surface area contributed by atoms with E-state index in [1.807, 2.05) is 13.0 Å². The molecule has 0 aliphatic carbocycles. The molecule has 0 saturated carbocycles. The van der Waals surface area contributed by atoms with Gasteiger partial charge in [-0.3, -0.25) is 0 Å². The third-order valence-electron chi connectivity index (χ3n) is 2.60. The fourth-order valence-corrected chi connectivity index (χ4v) is 2.00. The van der Waals surface area contributed by atoms with Crippen LogP contribution in [0.5, 0.6) is 0 Å². The molecule has 0 aliphatic heterocycles. The summed E-state index contributed by atoms with van der Waals surface area (Å²) < 4.78 is 13.7. The van der Waals surface area contributed by atoms with Crippen molar-refractivity contribution in [2.75, 3.05) is 6.54 Å². The predicted molar refractivity (Wildman–Crippen MR) is 59.1 cm³/mol. The van der Waals surface area contributed by atoms with Crippen molar-refractivity contribution in [2.24, 2.45) is 5.73 Å². The zero-order valence-corrected chi connectivity index (χ0v) is 9.47. The third-order valence-corrected chi connectivity index (χ3v) is 2.60. The van der Waals surface area contributed by atoms with E-state index < -0.39 is 5.60 Å². The van der Waals surface area contributed by atoms with Gasteiger partial charge in [0.1, 0.15) is 5.82 Å². The lowest BCUT2D eigenvalue weighted by molar-refractivity contribution is 0.0460. The Labute approximate surface area is 89.9 Å². The molecule has 0 heterocycles. The molecule has 0 bridgehead atoms. The SMILES string of the molecule is Cc1cc(C)c(C(C)(O)CCN)c(F)c1. The maximum Gasteiger partial charge on any atom is 0.129 e. The topological polar surface area (TPSA) is 46.2 Å². The fraction of sp³-hybridized carbons (Fsp3) is 0.500. The van der Waals surface area contributed by atoms with Crippen LogP contribution >= 0.6 is 0 Å². The van der Waals surface area contributed by atoms with Gasteiger partial charge in [-0.05, 0) is 50.9 Å². The van der Waals surface area contributed by atoms with Crippen molar-refractivity contribution in [2.45, 2.75) is 32.8 Å². The molecule has 0 saturated heterocycles. The summed E-state index contributed by atoms with van der Waals surface area (Å²) in [6, 6.07) is 3.30. The highest BCUT2D eigenvalue weighted by Gasteiger charge is 2.27. The highest BCUT2D eigenvalue weighted by Crippen LogP contribution is 2.30. The number of nitrogens with two attached hydrogens (primary N) is 1. The molecule has 1 unspecified atom stereocenters. The summed E-state index contributed by atoms with van der Waals surface area (Å²) in [6.07, 6.45) is 0.355. The number of halogens is 1. The summed E-state index contributed by atoms with van der Waals surface area (Å²) in [5.41, 5.74) is 6.20. The van der Waals surface area contributed by atoms with Gasteiger partial charge in [-0.1, -0.05) is 6.07 Å². The van der Waals surface area contributed by atoms with E-state index in [9.17, 15) is 9.50 Å². The smallest absolute Gasteiger partial charge is 0.129 e. The molecule has 0 aliphatic rings. The quantitative estimate of drug-likeness (QED) is 0.803. The van der Waals surface area contributed by atoms with Gasteiger partial charge < -0.3 is 10.8 Å². The molecular formula is C12H18FNO. The van der Waals surface area contributed by atoms with Gasteiger partial charge in [0.25, 0.3) is 0 Å². The third kappa shape index (κ3) is 2.55. The van der Waals surface area contributed by atoms with Gasteiger partial charge in [0, 0.05) is 5.56 Å². The molecule has 0 radical (unpaired) electrons. The standard InChI is InChI=1S/C12H18FNO/c1-8-6-9(2)11(10(13)7-8)12(3,15)4-5-14/h6-7,15H,4-5,14H2,1-3H3. The number of aryl methyl sites for hydroxylation is 2. The molecule has 3 heteroatoms. The minimum absolute atomic E-state index is 0.333. The zero-order valence-electron chi connectivity index (χ0n) is 9.47. The Morgan fingerprint density at radius 3 is 2.47 bits per heavy atom. The van der Waals surface area contributed by atoms with Crippen molar-refractivity contribution < 1.29 is 9.50 Å². The van der Waals surface area contributed by atoms with Crippen molar-refractivity contribution in [3.63, 3.8) is 0 Å². The zero-order chi connectivity index (χ0) is 11.6. The molecule has 84 valence electrons. The molecule has 0 spiro atoms. The molecule has 0 fully saturated rings. The highest BCUT2D eigenvalue weighted by atomic mass is 19.1. The molecular weight excluding hydrogens is 193 g/mol. The number of hydrogen-bond donors (Lipinski definition) is 2. The van der Waals surface area contributed by atoms with E-state index in [4.69, 9.17) is 5.73 Å². The van der Waals surface area contributed by atoms with E-state index in [0.717, 1.165) is 11.1 Å². The Kier molecular flexibility index (Phi) is 3.47. The van der Waals surface area contributed by atoms with Crippen LogP contribution in [0.4, 0.5) is 4.39 Å². The maximum absolute atomic E-state index is 13.7. The highest BCUT2D eigenvalue weighted by molar-refractivity contribution is 5.35. The lowest BCUT2D eigenvalue weighted by Gasteiger charge is -2.25. The van der Waals surface area contributed by atoms with Gasteiger partial charge in [0.2, 0.25) is 0 Å². The Bertz CT molecular complexity index is 338. The minimum atomic E-state index is -1.18. The van der Waals surface area contributed by atoms with Gasteiger partial charge in [-0.15, -0.1) is 0 Å². The summed E-state index contributed by atoms with van der Waals surface area (Å²) in [4.78, 5) is 0. The molecule has 1 atom stereocenters. The second-order valence-electron chi connectivity index (χ2n) is 4.25. The fourth-order valence-electron chi connectivity index (χ4n) is 2.00. The van der Waals surface area contributed by atoms with Gasteiger partial charge in [-0.2, -0.15) is 0 Å². The Morgan fingerprint density at radius 1 is 1.40 bits per heavy atom. The molecule has 1 aromatic carbocycles. The van der Waals surface area contributed by atoms with Crippen molar-refractivity contribution in [1.29, 1.82) is 0 Å². The summed E-state index contributed by atoms with van der Waals surface area (Å²) >= 11 is 0. The van der Waals surface area contributed by atoms with Crippen LogP contribution in [-0.4, -0.2) is 11.7 Å². The first-order chi connectivity index (χ1) is 6.88. The van der Waals surface area contributed by atoms with Crippen molar-refractivity contribution >= 4 is 0 Å². The number of rotatable bonds is 3. The van der Waals surface area contributed by atoms with Crippen molar-refractivity contribution in [3.8, 4) is 0 Å². The lowest BCUT2D eigenvalue weighted by atomic mass is 9.88. The van der Waals surface area contributed by atoms with Crippen molar-refractivity contribution in [3.05, 3.63) is 34.6 Å². The van der Waals surface area contributed by atoms with Gasteiger partial charge in [0.15, 0.2) is 0 Å². The normalized spacial score (nSPS) is 15.1. The van der Waals surface area contributed by atoms with E-state index in [0.29, 0.717) is 18.5 Å². The molecule has 15 heavy (non-hydrogen) atoms. The van der Waals surface area contributed by atoms with Crippen LogP contribution in [0.25, 0.3) is 0 Å². The van der Waals surface area contributed by atoms with E-state index in [1.165, 1.54) is 6.07 Å². The predicted octanol–water partition coefficient (Wildman–Crippen LogP) is 2.00. The Hall–Kier alpha value is -0.930. The van der Waals surface area contributed by atoms with E-state index >= 15 is 0 Å². The van der Waals surface area contributed by atoms with E-state index in [-0.39, 0.29) is 5.82 Å². The monoisotopic (exact) mass is 211 g/mol. The van der Waals surface area contributed by atoms with Crippen LogP contribution in [0.2, 0.25) is 0 Å². The number of aliphatic hydroxyl groups is 1. The lowest BCUT2D eigenvalue weighted by Crippen LogP contribution is -2.27. The van der Waals surface area contributed by atoms with E-state index in [2.05, 4.69) is 0 Å².